The molecule has 1 N–H and O–H groups in total. The third kappa shape index (κ3) is 9.75. The predicted molar refractivity (Wildman–Crippen MR) is 200 cm³/mol. The highest BCUT2D eigenvalue weighted by Crippen LogP contribution is 2.42. The molecule has 1 saturated carbocycles. The van der Waals surface area contributed by atoms with Gasteiger partial charge in [0.25, 0.3) is 5.91 Å². The highest BCUT2D eigenvalue weighted by molar-refractivity contribution is 7.92. The summed E-state index contributed by atoms with van der Waals surface area (Å²) >= 11 is 6.30. The SMILES string of the molecule is CO[C@H]1/C=C/CCCS(=O)(NC(=O)CCc2ncccn2)=NC(=O)c2ccc3c(c2)N(C[C@@H](CCCc2cc(Cl)ccc2C)CO3)C[C@@H]2CC[C@H]21. The zero-order valence-corrected chi connectivity index (χ0v) is 31.0. The van der Waals surface area contributed by atoms with E-state index in [0.29, 0.717) is 42.7 Å². The maximum atomic E-state index is 14.2. The number of nitrogens with zero attached hydrogens (tertiary/aromatic N) is 4. The van der Waals surface area contributed by atoms with Gasteiger partial charge >= 0.3 is 0 Å². The van der Waals surface area contributed by atoms with Crippen molar-refractivity contribution in [3.63, 3.8) is 0 Å². The second-order valence-electron chi connectivity index (χ2n) is 13.9. The number of methoxy groups -OCH3 is 1. The molecule has 1 fully saturated rings. The number of halogens is 1. The van der Waals surface area contributed by atoms with Gasteiger partial charge in [-0.15, -0.1) is 4.36 Å². The second kappa shape index (κ2) is 17.1. The summed E-state index contributed by atoms with van der Waals surface area (Å²) in [4.78, 5) is 37.4. The molecule has 12 heteroatoms. The molecule has 2 bridgehead atoms. The molecule has 10 nitrogen and oxygen atoms in total. The number of carbonyl (C=O) groups is 2. The number of aromatic nitrogens is 2. The van der Waals surface area contributed by atoms with Crippen LogP contribution < -0.4 is 14.4 Å². The molecule has 1 aromatic heterocycles. The number of benzene rings is 2. The monoisotopic (exact) mass is 733 g/mol. The van der Waals surface area contributed by atoms with E-state index in [0.717, 1.165) is 61.7 Å². The van der Waals surface area contributed by atoms with Crippen LogP contribution >= 0.6 is 11.6 Å². The molecule has 0 spiro atoms. The van der Waals surface area contributed by atoms with Gasteiger partial charge in [0.2, 0.25) is 5.91 Å². The number of hydrogen-bond acceptors (Lipinski definition) is 8. The van der Waals surface area contributed by atoms with Crippen LogP contribution in [-0.2, 0) is 32.3 Å². The molecule has 0 radical (unpaired) electrons. The van der Waals surface area contributed by atoms with Crippen molar-refractivity contribution in [3.8, 4) is 5.75 Å². The van der Waals surface area contributed by atoms with Gasteiger partial charge in [0, 0.05) is 61.9 Å². The maximum Gasteiger partial charge on any atom is 0.286 e. The standard InChI is InChI=1S/C39H48ClN5O5S/c1-27-11-14-32(40)22-29(27)9-6-8-28-24-45-25-31-12-15-33(31)35(49-2)10-4-3-5-21-51(48,43-38(46)18-17-37-41-19-7-20-42-37)44-39(47)30-13-16-36(50-26-28)34(45)23-30/h4,7,10-11,13-14,16,19-20,22-23,28,31,33,35H,3,5-6,8-9,12,15,17-18,21,24-26H2,1-2H3,(H,43,44,46,47,48)/b10-4+/t28-,31+,33-,35+,51?/m1/s1. The van der Waals surface area contributed by atoms with Crippen molar-refractivity contribution >= 4 is 39.0 Å². The first-order valence-corrected chi connectivity index (χ1v) is 20.1. The number of carbonyl (C=O) groups excluding carboxylic acids is 2. The van der Waals surface area contributed by atoms with Gasteiger partial charge in [-0.3, -0.25) is 14.3 Å². The van der Waals surface area contributed by atoms with Crippen molar-refractivity contribution in [1.29, 1.82) is 0 Å². The van der Waals surface area contributed by atoms with E-state index in [1.165, 1.54) is 11.1 Å². The van der Waals surface area contributed by atoms with Crippen molar-refractivity contribution in [3.05, 3.63) is 94.5 Å². The number of allylic oxidation sites excluding steroid dienone is 1. The Bertz CT molecular complexity index is 1850. The first-order chi connectivity index (χ1) is 24.7. The van der Waals surface area contributed by atoms with Gasteiger partial charge in [-0.2, -0.15) is 0 Å². The van der Waals surface area contributed by atoms with Crippen molar-refractivity contribution in [2.45, 2.75) is 70.8 Å². The minimum Gasteiger partial charge on any atom is -0.491 e. The lowest BCUT2D eigenvalue weighted by Crippen LogP contribution is -2.44. The van der Waals surface area contributed by atoms with E-state index in [1.807, 2.05) is 18.2 Å². The van der Waals surface area contributed by atoms with E-state index >= 15 is 0 Å². The summed E-state index contributed by atoms with van der Waals surface area (Å²) in [5, 5.41) is 0.758. The highest BCUT2D eigenvalue weighted by atomic mass is 35.5. The zero-order chi connectivity index (χ0) is 35.8. The average molecular weight is 734 g/mol. The van der Waals surface area contributed by atoms with Gasteiger partial charge < -0.3 is 14.4 Å². The van der Waals surface area contributed by atoms with Crippen LogP contribution in [0.5, 0.6) is 5.75 Å². The Morgan fingerprint density at radius 1 is 1.12 bits per heavy atom. The van der Waals surface area contributed by atoms with Crippen LogP contribution in [0.1, 0.15) is 72.3 Å². The van der Waals surface area contributed by atoms with Gasteiger partial charge in [-0.1, -0.05) is 29.8 Å². The third-order valence-electron chi connectivity index (χ3n) is 10.3. The Kier molecular flexibility index (Phi) is 12.4. The van der Waals surface area contributed by atoms with Crippen LogP contribution in [0, 0.1) is 24.7 Å². The van der Waals surface area contributed by atoms with Crippen LogP contribution in [0.4, 0.5) is 5.69 Å². The normalized spacial score (nSPS) is 25.7. The Labute approximate surface area is 306 Å². The summed E-state index contributed by atoms with van der Waals surface area (Å²) in [6.07, 6.45) is 13.9. The van der Waals surface area contributed by atoms with Crippen LogP contribution in [0.15, 0.2) is 71.4 Å². The molecule has 0 saturated heterocycles. The minimum absolute atomic E-state index is 0.0215. The number of fused-ring (bicyclic) bond motifs is 2. The lowest BCUT2D eigenvalue weighted by Gasteiger charge is -2.43. The molecule has 3 aliphatic rings. The summed E-state index contributed by atoms with van der Waals surface area (Å²) in [7, 11) is -1.66. The lowest BCUT2D eigenvalue weighted by molar-refractivity contribution is -0.119. The van der Waals surface area contributed by atoms with Crippen molar-refractivity contribution in [1.82, 2.24) is 14.7 Å². The molecule has 3 heterocycles. The predicted octanol–water partition coefficient (Wildman–Crippen LogP) is 6.94. The van der Waals surface area contributed by atoms with Crippen molar-refractivity contribution < 1.29 is 23.3 Å². The number of hydrogen-bond donors (Lipinski definition) is 1. The molecular weight excluding hydrogens is 686 g/mol. The lowest BCUT2D eigenvalue weighted by atomic mass is 9.70. The van der Waals surface area contributed by atoms with E-state index in [9.17, 15) is 13.8 Å². The molecular formula is C39H48ClN5O5S. The molecule has 51 heavy (non-hydrogen) atoms. The molecule has 2 aromatic carbocycles. The van der Waals surface area contributed by atoms with Crippen molar-refractivity contribution in [2.75, 3.05) is 37.5 Å². The van der Waals surface area contributed by atoms with E-state index in [4.69, 9.17) is 21.1 Å². The topological polar surface area (TPSA) is 123 Å². The third-order valence-corrected chi connectivity index (χ3v) is 12.4. The fourth-order valence-corrected chi connectivity index (χ4v) is 9.13. The fourth-order valence-electron chi connectivity index (χ4n) is 7.31. The number of rotatable bonds is 9. The summed E-state index contributed by atoms with van der Waals surface area (Å²) < 4.78 is 33.4. The van der Waals surface area contributed by atoms with Gasteiger partial charge in [-0.05, 0) is 111 Å². The van der Waals surface area contributed by atoms with Gasteiger partial charge in [0.15, 0.2) is 0 Å². The second-order valence-corrected chi connectivity index (χ2v) is 16.4. The Morgan fingerprint density at radius 2 is 1.96 bits per heavy atom. The molecule has 272 valence electrons. The van der Waals surface area contributed by atoms with E-state index in [2.05, 4.69) is 55.2 Å². The summed E-state index contributed by atoms with van der Waals surface area (Å²) in [6.45, 7) is 4.29. The summed E-state index contributed by atoms with van der Waals surface area (Å²) in [5.74, 6) is 1.24. The van der Waals surface area contributed by atoms with Crippen LogP contribution in [0.25, 0.3) is 0 Å². The van der Waals surface area contributed by atoms with Gasteiger partial charge in [-0.25, -0.2) is 14.2 Å². The zero-order valence-electron chi connectivity index (χ0n) is 29.5. The smallest absolute Gasteiger partial charge is 0.286 e. The number of aryl methyl sites for hydroxylation is 3. The molecule has 1 aliphatic carbocycles. The Balaban J connectivity index is 1.25. The van der Waals surface area contributed by atoms with Crippen LogP contribution in [0.2, 0.25) is 5.02 Å². The van der Waals surface area contributed by atoms with Crippen LogP contribution in [-0.4, -0.2) is 64.7 Å². The largest absolute Gasteiger partial charge is 0.491 e. The minimum atomic E-state index is -3.42. The van der Waals surface area contributed by atoms with Gasteiger partial charge in [0.1, 0.15) is 21.5 Å². The number of ether oxygens (including phenoxy) is 2. The van der Waals surface area contributed by atoms with Gasteiger partial charge in [0.05, 0.1) is 24.2 Å². The first kappa shape index (κ1) is 37.0. The van der Waals surface area contributed by atoms with Crippen LogP contribution in [0.3, 0.4) is 0 Å². The average Bonchev–Trinajstić information content (AvgIpc) is 3.28. The molecule has 2 amide bonds. The molecule has 1 unspecified atom stereocenters. The Morgan fingerprint density at radius 3 is 2.75 bits per heavy atom. The first-order valence-electron chi connectivity index (χ1n) is 18.0. The highest BCUT2D eigenvalue weighted by Gasteiger charge is 2.38. The molecule has 3 aromatic rings. The Hall–Kier alpha value is -3.80. The summed E-state index contributed by atoms with van der Waals surface area (Å²) in [5.41, 5.74) is 3.66. The fraction of sp³-hybridized carbons (Fsp3) is 0.487. The number of nitrogens with one attached hydrogen (secondary N) is 1. The van der Waals surface area contributed by atoms with Crippen molar-refractivity contribution in [2.24, 2.45) is 22.1 Å². The maximum absolute atomic E-state index is 14.2. The molecule has 5 atom stereocenters. The molecule has 2 aliphatic heterocycles. The number of anilines is 1. The van der Waals surface area contributed by atoms with E-state index < -0.39 is 21.7 Å². The van der Waals surface area contributed by atoms with E-state index in [1.54, 1.807) is 31.6 Å². The summed E-state index contributed by atoms with van der Waals surface area (Å²) in [6, 6.07) is 13.1. The molecule has 6 rings (SSSR count). The van der Waals surface area contributed by atoms with E-state index in [-0.39, 0.29) is 30.6 Å². The quantitative estimate of drug-likeness (QED) is 0.235. The number of amides is 2.